The van der Waals surface area contributed by atoms with Crippen molar-refractivity contribution >= 4 is 54.8 Å². The van der Waals surface area contributed by atoms with Crippen molar-refractivity contribution in [1.82, 2.24) is 0 Å². The second kappa shape index (κ2) is 6.08. The van der Waals surface area contributed by atoms with Crippen molar-refractivity contribution in [1.29, 1.82) is 0 Å². The fourth-order valence-electron chi connectivity index (χ4n) is 1.53. The van der Waals surface area contributed by atoms with E-state index < -0.39 is 10.0 Å². The average Bonchev–Trinajstić information content (AvgIpc) is 2.77. The van der Waals surface area contributed by atoms with Crippen molar-refractivity contribution in [3.05, 3.63) is 45.8 Å². The van der Waals surface area contributed by atoms with Gasteiger partial charge in [0.2, 0.25) is 10.0 Å². The molecule has 112 valence electrons. The molecule has 0 bridgehead atoms. The minimum atomic E-state index is -3.42. The number of carbonyl (C=O) groups excluding carboxylic acids is 1. The summed E-state index contributed by atoms with van der Waals surface area (Å²) in [5.41, 5.74) is 1.00. The highest BCUT2D eigenvalue weighted by atomic mass is 79.9. The maximum atomic E-state index is 12.0. The molecule has 1 heterocycles. The first-order chi connectivity index (χ1) is 9.76. The van der Waals surface area contributed by atoms with Gasteiger partial charge in [-0.1, -0.05) is 11.6 Å². The third kappa shape index (κ3) is 4.23. The quantitative estimate of drug-likeness (QED) is 0.834. The Labute approximate surface area is 134 Å². The highest BCUT2D eigenvalue weighted by Crippen LogP contribution is 2.27. The van der Waals surface area contributed by atoms with E-state index in [1.54, 1.807) is 0 Å². The van der Waals surface area contributed by atoms with Crippen molar-refractivity contribution in [2.24, 2.45) is 0 Å². The summed E-state index contributed by atoms with van der Waals surface area (Å²) < 4.78 is 29.9. The molecule has 21 heavy (non-hydrogen) atoms. The largest absolute Gasteiger partial charge is 0.457 e. The van der Waals surface area contributed by atoms with Crippen LogP contribution in [-0.2, 0) is 10.0 Å². The summed E-state index contributed by atoms with van der Waals surface area (Å²) in [7, 11) is -3.42. The Morgan fingerprint density at radius 1 is 1.33 bits per heavy atom. The van der Waals surface area contributed by atoms with E-state index in [4.69, 9.17) is 16.0 Å². The number of benzene rings is 1. The normalized spacial score (nSPS) is 11.2. The summed E-state index contributed by atoms with van der Waals surface area (Å²) in [5.74, 6) is -0.379. The fourth-order valence-corrected chi connectivity index (χ4v) is 2.81. The van der Waals surface area contributed by atoms with Gasteiger partial charge in [-0.05, 0) is 40.2 Å². The van der Waals surface area contributed by atoms with Gasteiger partial charge in [0, 0.05) is 5.69 Å². The van der Waals surface area contributed by atoms with Crippen LogP contribution < -0.4 is 10.0 Å². The van der Waals surface area contributed by atoms with E-state index in [2.05, 4.69) is 26.0 Å². The molecule has 2 rings (SSSR count). The van der Waals surface area contributed by atoms with Crippen molar-refractivity contribution in [3.8, 4) is 0 Å². The minimum Gasteiger partial charge on any atom is -0.457 e. The van der Waals surface area contributed by atoms with Crippen LogP contribution in [0.3, 0.4) is 0 Å². The molecular weight excluding hydrogens is 384 g/mol. The molecule has 2 aromatic rings. The Balaban J connectivity index is 2.18. The number of carbonyl (C=O) groups is 1. The Morgan fingerprint density at radius 2 is 2.05 bits per heavy atom. The van der Waals surface area contributed by atoms with Crippen molar-refractivity contribution in [2.75, 3.05) is 16.3 Å². The summed E-state index contributed by atoms with van der Waals surface area (Å²) in [6.45, 7) is 0. The van der Waals surface area contributed by atoms with E-state index in [9.17, 15) is 13.2 Å². The lowest BCUT2D eigenvalue weighted by Crippen LogP contribution is -2.12. The van der Waals surface area contributed by atoms with Gasteiger partial charge in [0.15, 0.2) is 4.67 Å². The fraction of sp³-hybridized carbons (Fsp3) is 0.0833. The van der Waals surface area contributed by atoms with Gasteiger partial charge in [-0.25, -0.2) is 8.42 Å². The monoisotopic (exact) mass is 392 g/mol. The second-order valence-electron chi connectivity index (χ2n) is 4.13. The maximum absolute atomic E-state index is 12.0. The zero-order valence-electron chi connectivity index (χ0n) is 10.7. The van der Waals surface area contributed by atoms with Crippen LogP contribution in [0.25, 0.3) is 0 Å². The number of anilines is 2. The summed E-state index contributed by atoms with van der Waals surface area (Å²) in [5, 5.41) is 2.80. The van der Waals surface area contributed by atoms with Gasteiger partial charge in [0.05, 0.1) is 28.8 Å². The number of furan rings is 1. The van der Waals surface area contributed by atoms with E-state index in [0.29, 0.717) is 15.9 Å². The van der Waals surface area contributed by atoms with Crippen molar-refractivity contribution < 1.29 is 17.6 Å². The van der Waals surface area contributed by atoms with Crippen LogP contribution in [-0.4, -0.2) is 20.6 Å². The van der Waals surface area contributed by atoms with Gasteiger partial charge in [-0.3, -0.25) is 9.52 Å². The molecule has 1 aromatic carbocycles. The zero-order valence-corrected chi connectivity index (χ0v) is 13.8. The lowest BCUT2D eigenvalue weighted by Gasteiger charge is -2.09. The van der Waals surface area contributed by atoms with Crippen LogP contribution in [0.5, 0.6) is 0 Å². The Hall–Kier alpha value is -1.51. The van der Waals surface area contributed by atoms with Gasteiger partial charge in [-0.2, -0.15) is 0 Å². The molecule has 0 spiro atoms. The van der Waals surface area contributed by atoms with Crippen LogP contribution in [0, 0.1) is 0 Å². The maximum Gasteiger partial charge on any atom is 0.260 e. The summed E-state index contributed by atoms with van der Waals surface area (Å²) in [4.78, 5) is 12.0. The van der Waals surface area contributed by atoms with Gasteiger partial charge in [-0.15, -0.1) is 0 Å². The number of sulfonamides is 1. The average molecular weight is 394 g/mol. The lowest BCUT2D eigenvalue weighted by atomic mass is 10.2. The standard InChI is InChI=1S/C12H10BrClN2O4S/c1-21(18,19)16-10-3-2-7(6-9(10)14)15-12(17)8-4-5-20-11(8)13/h2-6,16H,1H3,(H,15,17). The molecule has 9 heteroatoms. The van der Waals surface area contributed by atoms with E-state index in [1.807, 2.05) is 0 Å². The summed E-state index contributed by atoms with van der Waals surface area (Å²) in [6, 6.07) is 5.95. The van der Waals surface area contributed by atoms with Crippen LogP contribution in [0.15, 0.2) is 39.6 Å². The first-order valence-corrected chi connectivity index (χ1v) is 8.64. The molecule has 0 aliphatic carbocycles. The molecule has 1 amide bonds. The summed E-state index contributed by atoms with van der Waals surface area (Å²) in [6.07, 6.45) is 2.40. The molecule has 2 N–H and O–H groups in total. The van der Waals surface area contributed by atoms with Crippen molar-refractivity contribution in [3.63, 3.8) is 0 Å². The number of amides is 1. The first kappa shape index (κ1) is 15.9. The van der Waals surface area contributed by atoms with E-state index in [-0.39, 0.29) is 16.6 Å². The van der Waals surface area contributed by atoms with Crippen molar-refractivity contribution in [2.45, 2.75) is 0 Å². The number of rotatable bonds is 4. The molecule has 0 aliphatic rings. The molecule has 0 unspecified atom stereocenters. The number of hydrogen-bond acceptors (Lipinski definition) is 4. The van der Waals surface area contributed by atoms with Gasteiger partial charge >= 0.3 is 0 Å². The van der Waals surface area contributed by atoms with Crippen LogP contribution in [0.2, 0.25) is 5.02 Å². The molecule has 0 saturated carbocycles. The van der Waals surface area contributed by atoms with Crippen LogP contribution >= 0.6 is 27.5 Å². The molecular formula is C12H10BrClN2O4S. The molecule has 0 atom stereocenters. The smallest absolute Gasteiger partial charge is 0.260 e. The molecule has 0 fully saturated rings. The van der Waals surface area contributed by atoms with E-state index in [1.165, 1.54) is 30.5 Å². The number of halogens is 2. The molecule has 0 saturated heterocycles. The molecule has 6 nitrogen and oxygen atoms in total. The first-order valence-electron chi connectivity index (χ1n) is 5.58. The Morgan fingerprint density at radius 3 is 2.57 bits per heavy atom. The number of nitrogens with one attached hydrogen (secondary N) is 2. The predicted molar refractivity (Wildman–Crippen MR) is 84.3 cm³/mol. The highest BCUT2D eigenvalue weighted by Gasteiger charge is 2.14. The van der Waals surface area contributed by atoms with E-state index in [0.717, 1.165) is 6.26 Å². The topological polar surface area (TPSA) is 88.4 Å². The van der Waals surface area contributed by atoms with Gasteiger partial charge < -0.3 is 9.73 Å². The van der Waals surface area contributed by atoms with E-state index >= 15 is 0 Å². The minimum absolute atomic E-state index is 0.171. The zero-order chi connectivity index (χ0) is 15.6. The lowest BCUT2D eigenvalue weighted by molar-refractivity contribution is 0.102. The highest BCUT2D eigenvalue weighted by molar-refractivity contribution is 9.10. The summed E-state index contributed by atoms with van der Waals surface area (Å²) >= 11 is 9.08. The number of hydrogen-bond donors (Lipinski definition) is 2. The molecule has 1 aromatic heterocycles. The van der Waals surface area contributed by atoms with Crippen LogP contribution in [0.4, 0.5) is 11.4 Å². The molecule has 0 radical (unpaired) electrons. The predicted octanol–water partition coefficient (Wildman–Crippen LogP) is 3.32. The second-order valence-corrected chi connectivity index (χ2v) is 7.01. The van der Waals surface area contributed by atoms with Crippen LogP contribution in [0.1, 0.15) is 10.4 Å². The molecule has 0 aliphatic heterocycles. The Bertz CT molecular complexity index is 788. The third-order valence-corrected chi connectivity index (χ3v) is 3.90. The Kier molecular flexibility index (Phi) is 4.60. The SMILES string of the molecule is CS(=O)(=O)Nc1ccc(NC(=O)c2ccoc2Br)cc1Cl. The van der Waals surface area contributed by atoms with Gasteiger partial charge in [0.25, 0.3) is 5.91 Å². The third-order valence-electron chi connectivity index (χ3n) is 2.38. The van der Waals surface area contributed by atoms with Gasteiger partial charge in [0.1, 0.15) is 0 Å².